The van der Waals surface area contributed by atoms with Crippen LogP contribution >= 0.6 is 12.2 Å². The fourth-order valence-electron chi connectivity index (χ4n) is 1.28. The van der Waals surface area contributed by atoms with Gasteiger partial charge in [-0.3, -0.25) is 0 Å². The van der Waals surface area contributed by atoms with Gasteiger partial charge in [0, 0.05) is 11.8 Å². The molecule has 1 N–H and O–H groups in total. The first-order valence-corrected chi connectivity index (χ1v) is 5.06. The zero-order valence-corrected chi connectivity index (χ0v) is 9.71. The van der Waals surface area contributed by atoms with Gasteiger partial charge >= 0.3 is 0 Å². The summed E-state index contributed by atoms with van der Waals surface area (Å²) in [4.78, 5) is 7.11. The van der Waals surface area contributed by atoms with Gasteiger partial charge in [-0.2, -0.15) is 0 Å². The molecule has 0 saturated heterocycles. The van der Waals surface area contributed by atoms with Crippen molar-refractivity contribution in [3.05, 3.63) is 28.7 Å². The molecule has 0 aromatic carbocycles. The second-order valence-corrected chi connectivity index (χ2v) is 3.60. The predicted molar refractivity (Wildman–Crippen MR) is 61.7 cm³/mol. The highest BCUT2D eigenvalue weighted by Gasteiger charge is 2.03. The number of methoxy groups -OCH3 is 1. The zero-order chi connectivity index (χ0) is 11.5. The van der Waals surface area contributed by atoms with E-state index in [1.54, 1.807) is 19.2 Å². The van der Waals surface area contributed by atoms with Crippen molar-refractivity contribution >= 4 is 12.2 Å². The maximum atomic E-state index is 5.00. The van der Waals surface area contributed by atoms with Crippen LogP contribution in [0.25, 0.3) is 11.4 Å². The third-order valence-electron chi connectivity index (χ3n) is 1.99. The van der Waals surface area contributed by atoms with E-state index in [1.165, 1.54) is 0 Å². The molecule has 0 spiro atoms. The first-order chi connectivity index (χ1) is 7.69. The molecule has 0 aliphatic heterocycles. The van der Waals surface area contributed by atoms with Crippen LogP contribution in [0.4, 0.5) is 0 Å². The number of nitrogens with one attached hydrogen (secondary N) is 1. The van der Waals surface area contributed by atoms with E-state index in [4.69, 9.17) is 17.0 Å². The van der Waals surface area contributed by atoms with E-state index in [1.807, 2.05) is 13.0 Å². The maximum absolute atomic E-state index is 5.00. The van der Waals surface area contributed by atoms with Crippen LogP contribution in [0.1, 0.15) is 5.69 Å². The summed E-state index contributed by atoms with van der Waals surface area (Å²) in [6, 6.07) is 5.40. The number of nitrogens with zero attached hydrogens (tertiary/aromatic N) is 3. The highest BCUT2D eigenvalue weighted by molar-refractivity contribution is 7.71. The molecule has 2 aromatic rings. The van der Waals surface area contributed by atoms with E-state index in [-0.39, 0.29) is 0 Å². The Kier molecular flexibility index (Phi) is 2.91. The Morgan fingerprint density at radius 1 is 1.25 bits per heavy atom. The molecule has 0 aliphatic carbocycles. The van der Waals surface area contributed by atoms with Gasteiger partial charge in [-0.25, -0.2) is 4.98 Å². The third kappa shape index (κ3) is 2.22. The molecule has 0 atom stereocenters. The molecule has 0 unspecified atom stereocenters. The van der Waals surface area contributed by atoms with Crippen LogP contribution in [0, 0.1) is 11.7 Å². The van der Waals surface area contributed by atoms with E-state index < -0.39 is 0 Å². The lowest BCUT2D eigenvalue weighted by atomic mass is 10.2. The Bertz CT molecular complexity index is 549. The number of H-pyrrole nitrogens is 1. The number of hydrogen-bond acceptors (Lipinski definition) is 5. The molecule has 0 amide bonds. The van der Waals surface area contributed by atoms with E-state index in [0.29, 0.717) is 22.0 Å². The minimum absolute atomic E-state index is 0.438. The summed E-state index contributed by atoms with van der Waals surface area (Å²) in [5.74, 6) is 0.474. The molecule has 2 heterocycles. The molecular weight excluding hydrogens is 224 g/mol. The van der Waals surface area contributed by atoms with Crippen molar-refractivity contribution in [1.82, 2.24) is 20.2 Å². The summed E-state index contributed by atoms with van der Waals surface area (Å²) in [6.07, 6.45) is 0. The lowest BCUT2D eigenvalue weighted by Gasteiger charge is -2.01. The summed E-state index contributed by atoms with van der Waals surface area (Å²) in [5.41, 5.74) is 2.31. The maximum Gasteiger partial charge on any atom is 0.233 e. The molecule has 82 valence electrons. The molecule has 2 rings (SSSR count). The monoisotopic (exact) mass is 234 g/mol. The molecule has 0 fully saturated rings. The lowest BCUT2D eigenvalue weighted by molar-refractivity contribution is 0.392. The van der Waals surface area contributed by atoms with Crippen LogP contribution in [0.5, 0.6) is 5.88 Å². The van der Waals surface area contributed by atoms with E-state index in [0.717, 1.165) is 5.69 Å². The minimum Gasteiger partial charge on any atom is -0.480 e. The molecular formula is C10H10N4OS. The molecule has 0 saturated carbocycles. The third-order valence-corrected chi connectivity index (χ3v) is 2.18. The summed E-state index contributed by atoms with van der Waals surface area (Å²) in [6.45, 7) is 1.91. The summed E-state index contributed by atoms with van der Waals surface area (Å²) in [5, 5.41) is 7.88. The summed E-state index contributed by atoms with van der Waals surface area (Å²) < 4.78 is 5.37. The van der Waals surface area contributed by atoms with Crippen LogP contribution in [-0.4, -0.2) is 27.3 Å². The Morgan fingerprint density at radius 3 is 2.62 bits per heavy atom. The summed E-state index contributed by atoms with van der Waals surface area (Å²) >= 11 is 5.00. The largest absolute Gasteiger partial charge is 0.480 e. The van der Waals surface area contributed by atoms with Crippen molar-refractivity contribution in [1.29, 1.82) is 0 Å². The summed E-state index contributed by atoms with van der Waals surface area (Å²) in [7, 11) is 1.55. The highest BCUT2D eigenvalue weighted by Crippen LogP contribution is 2.15. The Labute approximate surface area is 97.5 Å². The first kappa shape index (κ1) is 10.7. The number of aromatic amines is 1. The van der Waals surface area contributed by atoms with Gasteiger partial charge in [-0.1, -0.05) is 0 Å². The minimum atomic E-state index is 0.438. The smallest absolute Gasteiger partial charge is 0.233 e. The van der Waals surface area contributed by atoms with Gasteiger partial charge in [0.2, 0.25) is 5.88 Å². The van der Waals surface area contributed by atoms with Crippen LogP contribution < -0.4 is 4.74 Å². The van der Waals surface area contributed by atoms with Gasteiger partial charge in [0.25, 0.3) is 0 Å². The second kappa shape index (κ2) is 4.36. The normalized spacial score (nSPS) is 10.1. The molecule has 2 aromatic heterocycles. The number of aromatic nitrogens is 4. The van der Waals surface area contributed by atoms with Crippen molar-refractivity contribution in [2.75, 3.05) is 7.11 Å². The van der Waals surface area contributed by atoms with Gasteiger partial charge in [-0.15, -0.1) is 10.2 Å². The fourth-order valence-corrected chi connectivity index (χ4v) is 1.54. The Balaban J connectivity index is 2.46. The zero-order valence-electron chi connectivity index (χ0n) is 8.89. The van der Waals surface area contributed by atoms with Crippen LogP contribution in [-0.2, 0) is 0 Å². The van der Waals surface area contributed by atoms with Crippen LogP contribution in [0.15, 0.2) is 18.2 Å². The highest BCUT2D eigenvalue weighted by atomic mass is 32.1. The number of rotatable bonds is 2. The van der Waals surface area contributed by atoms with Crippen molar-refractivity contribution in [3.63, 3.8) is 0 Å². The van der Waals surface area contributed by atoms with Crippen molar-refractivity contribution in [2.45, 2.75) is 6.92 Å². The molecule has 5 nitrogen and oxygen atoms in total. The van der Waals surface area contributed by atoms with Crippen LogP contribution in [0.3, 0.4) is 0 Å². The Hall–Kier alpha value is -1.82. The predicted octanol–water partition coefficient (Wildman–Crippen LogP) is 1.91. The number of hydrogen-bond donors (Lipinski definition) is 1. The van der Waals surface area contributed by atoms with Gasteiger partial charge in [0.1, 0.15) is 5.69 Å². The topological polar surface area (TPSA) is 63.7 Å². The molecule has 16 heavy (non-hydrogen) atoms. The van der Waals surface area contributed by atoms with Crippen molar-refractivity contribution in [3.8, 4) is 17.3 Å². The number of aryl methyl sites for hydroxylation is 1. The average molecular weight is 234 g/mol. The average Bonchev–Trinajstić information content (AvgIpc) is 2.28. The van der Waals surface area contributed by atoms with E-state index >= 15 is 0 Å². The fraction of sp³-hybridized carbons (Fsp3) is 0.200. The van der Waals surface area contributed by atoms with Crippen molar-refractivity contribution < 1.29 is 4.74 Å². The second-order valence-electron chi connectivity index (χ2n) is 3.22. The van der Waals surface area contributed by atoms with Gasteiger partial charge < -0.3 is 9.72 Å². The van der Waals surface area contributed by atoms with Crippen molar-refractivity contribution in [2.24, 2.45) is 0 Å². The quantitative estimate of drug-likeness (QED) is 0.804. The van der Waals surface area contributed by atoms with Crippen LogP contribution in [0.2, 0.25) is 0 Å². The van der Waals surface area contributed by atoms with E-state index in [9.17, 15) is 0 Å². The SMILES string of the molecule is COc1ccc(-c2cc(C)[nH]c(=S)n2)nn1. The molecule has 0 bridgehead atoms. The van der Waals surface area contributed by atoms with Gasteiger partial charge in [0.05, 0.1) is 12.8 Å². The lowest BCUT2D eigenvalue weighted by Crippen LogP contribution is -1.95. The Morgan fingerprint density at radius 2 is 2.06 bits per heavy atom. The molecule has 0 radical (unpaired) electrons. The van der Waals surface area contributed by atoms with Gasteiger partial charge in [-0.05, 0) is 31.3 Å². The van der Waals surface area contributed by atoms with Gasteiger partial charge in [0.15, 0.2) is 4.77 Å². The standard InChI is InChI=1S/C10H10N4OS/c1-6-5-8(12-10(16)11-6)7-3-4-9(15-2)14-13-7/h3-5H,1-2H3,(H,11,12,16). The molecule has 0 aliphatic rings. The number of ether oxygens (including phenoxy) is 1. The molecule has 6 heteroatoms. The first-order valence-electron chi connectivity index (χ1n) is 4.65. The van der Waals surface area contributed by atoms with E-state index in [2.05, 4.69) is 20.2 Å².